The molecule has 1 aromatic carbocycles. The van der Waals surface area contributed by atoms with Crippen LogP contribution >= 0.6 is 11.5 Å². The highest BCUT2D eigenvalue weighted by Crippen LogP contribution is 2.21. The Balaban J connectivity index is 1.96. The molecule has 96 valence electrons. The van der Waals surface area contributed by atoms with Gasteiger partial charge in [-0.25, -0.2) is 0 Å². The van der Waals surface area contributed by atoms with Gasteiger partial charge in [0, 0.05) is 17.6 Å². The van der Waals surface area contributed by atoms with Crippen LogP contribution in [-0.4, -0.2) is 9.59 Å². The quantitative estimate of drug-likeness (QED) is 0.852. The average molecular weight is 261 g/mol. The van der Waals surface area contributed by atoms with Crippen LogP contribution in [0.25, 0.3) is 0 Å². The van der Waals surface area contributed by atoms with Crippen molar-refractivity contribution < 1.29 is 0 Å². The lowest BCUT2D eigenvalue weighted by molar-refractivity contribution is 0.793. The smallest absolute Gasteiger partial charge is 0.130 e. The maximum Gasteiger partial charge on any atom is 0.130 e. The Morgan fingerprint density at radius 2 is 2.06 bits per heavy atom. The first-order chi connectivity index (χ1) is 8.79. The van der Waals surface area contributed by atoms with Gasteiger partial charge in [-0.05, 0) is 30.9 Å². The minimum Gasteiger partial charge on any atom is -0.368 e. The van der Waals surface area contributed by atoms with Gasteiger partial charge in [0.05, 0.1) is 6.20 Å². The number of nitrogens with one attached hydrogen (secondary N) is 1. The zero-order valence-corrected chi connectivity index (χ0v) is 11.7. The van der Waals surface area contributed by atoms with Crippen molar-refractivity contribution in [2.24, 2.45) is 0 Å². The number of anilines is 1. The van der Waals surface area contributed by atoms with Crippen molar-refractivity contribution in [3.05, 3.63) is 41.6 Å². The predicted molar refractivity (Wildman–Crippen MR) is 77.0 cm³/mol. The summed E-state index contributed by atoms with van der Waals surface area (Å²) in [5.74, 6) is 0. The molecule has 0 aliphatic carbocycles. The van der Waals surface area contributed by atoms with E-state index in [9.17, 15) is 0 Å². The van der Waals surface area contributed by atoms with Gasteiger partial charge >= 0.3 is 0 Å². The van der Waals surface area contributed by atoms with Gasteiger partial charge in [0.15, 0.2) is 0 Å². The summed E-state index contributed by atoms with van der Waals surface area (Å²) in [5, 5.41) is 8.23. The number of hydrogen-bond donors (Lipinski definition) is 1. The number of nitrogens with zero attached hydrogens (tertiary/aromatic N) is 2. The Morgan fingerprint density at radius 1 is 1.28 bits per heavy atom. The largest absolute Gasteiger partial charge is 0.368 e. The molecule has 0 amide bonds. The fourth-order valence-corrected chi connectivity index (χ4v) is 2.39. The molecular formula is C14H19N3S. The summed E-state index contributed by atoms with van der Waals surface area (Å²) in [4.78, 5) is 0. The van der Waals surface area contributed by atoms with Gasteiger partial charge in [-0.1, -0.05) is 42.1 Å². The van der Waals surface area contributed by atoms with E-state index in [2.05, 4.69) is 53.0 Å². The maximum atomic E-state index is 3.85. The van der Waals surface area contributed by atoms with Crippen molar-refractivity contribution in [3.63, 3.8) is 0 Å². The van der Waals surface area contributed by atoms with E-state index in [1.807, 2.05) is 0 Å². The van der Waals surface area contributed by atoms with Gasteiger partial charge in [-0.3, -0.25) is 0 Å². The lowest BCUT2D eigenvalue weighted by Crippen LogP contribution is -2.05. The van der Waals surface area contributed by atoms with Crippen LogP contribution in [0.15, 0.2) is 30.5 Å². The zero-order valence-electron chi connectivity index (χ0n) is 10.9. The second kappa shape index (κ2) is 6.50. The van der Waals surface area contributed by atoms with E-state index in [0.717, 1.165) is 5.00 Å². The Bertz CT molecular complexity index is 450. The highest BCUT2D eigenvalue weighted by Gasteiger charge is 2.06. The molecule has 0 radical (unpaired) electrons. The van der Waals surface area contributed by atoms with Crippen LogP contribution in [0.4, 0.5) is 5.00 Å². The molecule has 1 unspecified atom stereocenters. The second-order valence-corrected chi connectivity index (χ2v) is 5.28. The van der Waals surface area contributed by atoms with Crippen LogP contribution in [0.1, 0.15) is 43.9 Å². The molecule has 1 aromatic heterocycles. The Labute approximate surface area is 112 Å². The highest BCUT2D eigenvalue weighted by atomic mass is 32.1. The fourth-order valence-electron chi connectivity index (χ4n) is 1.88. The SMILES string of the molecule is CCCCc1ccc(C(C)Nc2cnns2)cc1. The van der Waals surface area contributed by atoms with E-state index >= 15 is 0 Å². The van der Waals surface area contributed by atoms with E-state index in [4.69, 9.17) is 0 Å². The van der Waals surface area contributed by atoms with Crippen molar-refractivity contribution in [1.82, 2.24) is 9.59 Å². The molecule has 0 fully saturated rings. The Hall–Kier alpha value is -1.42. The molecule has 0 aliphatic heterocycles. The molecule has 0 spiro atoms. The van der Waals surface area contributed by atoms with Crippen LogP contribution < -0.4 is 5.32 Å². The minimum atomic E-state index is 0.285. The predicted octanol–water partition coefficient (Wildman–Crippen LogP) is 4.05. The van der Waals surface area contributed by atoms with E-state index in [1.165, 1.54) is 41.9 Å². The monoisotopic (exact) mass is 261 g/mol. The summed E-state index contributed by atoms with van der Waals surface area (Å²) in [6.45, 7) is 4.38. The number of aryl methyl sites for hydroxylation is 1. The molecule has 1 atom stereocenters. The summed E-state index contributed by atoms with van der Waals surface area (Å²) in [7, 11) is 0. The lowest BCUT2D eigenvalue weighted by Gasteiger charge is -2.13. The van der Waals surface area contributed by atoms with Crippen LogP contribution in [-0.2, 0) is 6.42 Å². The van der Waals surface area contributed by atoms with E-state index in [0.29, 0.717) is 0 Å². The molecule has 18 heavy (non-hydrogen) atoms. The number of unbranched alkanes of at least 4 members (excludes halogenated alkanes) is 1. The molecule has 4 heteroatoms. The average Bonchev–Trinajstić information content (AvgIpc) is 2.89. The fraction of sp³-hybridized carbons (Fsp3) is 0.429. The molecule has 0 bridgehead atoms. The van der Waals surface area contributed by atoms with Crippen molar-refractivity contribution in [1.29, 1.82) is 0 Å². The van der Waals surface area contributed by atoms with Crippen molar-refractivity contribution in [2.75, 3.05) is 5.32 Å². The van der Waals surface area contributed by atoms with Gasteiger partial charge < -0.3 is 5.32 Å². The third-order valence-electron chi connectivity index (χ3n) is 3.02. The molecule has 0 saturated heterocycles. The lowest BCUT2D eigenvalue weighted by atomic mass is 10.0. The highest BCUT2D eigenvalue weighted by molar-refractivity contribution is 7.09. The maximum absolute atomic E-state index is 3.85. The van der Waals surface area contributed by atoms with Gasteiger partial charge in [-0.2, -0.15) is 0 Å². The first kappa shape index (κ1) is 13.0. The molecule has 1 heterocycles. The molecular weight excluding hydrogens is 242 g/mol. The summed E-state index contributed by atoms with van der Waals surface area (Å²) < 4.78 is 3.85. The van der Waals surface area contributed by atoms with Crippen molar-refractivity contribution >= 4 is 16.5 Å². The van der Waals surface area contributed by atoms with Crippen molar-refractivity contribution in [3.8, 4) is 0 Å². The minimum absolute atomic E-state index is 0.285. The van der Waals surface area contributed by atoms with E-state index in [-0.39, 0.29) is 6.04 Å². The zero-order chi connectivity index (χ0) is 12.8. The van der Waals surface area contributed by atoms with Crippen LogP contribution in [0, 0.1) is 0 Å². The van der Waals surface area contributed by atoms with Crippen LogP contribution in [0.5, 0.6) is 0 Å². The number of aromatic nitrogens is 2. The van der Waals surface area contributed by atoms with Crippen molar-refractivity contribution in [2.45, 2.75) is 39.2 Å². The van der Waals surface area contributed by atoms with E-state index < -0.39 is 0 Å². The standard InChI is InChI=1S/C14H19N3S/c1-3-4-5-12-6-8-13(9-7-12)11(2)16-14-10-15-17-18-14/h6-11,16H,3-5H2,1-2H3. The summed E-state index contributed by atoms with van der Waals surface area (Å²) >= 11 is 1.39. The molecule has 2 rings (SSSR count). The first-order valence-electron chi connectivity index (χ1n) is 6.42. The molecule has 0 saturated carbocycles. The number of rotatable bonds is 6. The van der Waals surface area contributed by atoms with Crippen LogP contribution in [0.2, 0.25) is 0 Å². The van der Waals surface area contributed by atoms with Gasteiger partial charge in [0.2, 0.25) is 0 Å². The third kappa shape index (κ3) is 3.53. The summed E-state index contributed by atoms with van der Waals surface area (Å²) in [6.07, 6.45) is 5.45. The third-order valence-corrected chi connectivity index (χ3v) is 3.61. The number of benzene rings is 1. The molecule has 1 N–H and O–H groups in total. The summed E-state index contributed by atoms with van der Waals surface area (Å²) in [6, 6.07) is 9.16. The molecule has 2 aromatic rings. The molecule has 0 aliphatic rings. The van der Waals surface area contributed by atoms with E-state index in [1.54, 1.807) is 6.20 Å². The normalized spacial score (nSPS) is 12.3. The Morgan fingerprint density at radius 3 is 2.67 bits per heavy atom. The molecule has 3 nitrogen and oxygen atoms in total. The first-order valence-corrected chi connectivity index (χ1v) is 7.19. The number of hydrogen-bond acceptors (Lipinski definition) is 4. The van der Waals surface area contributed by atoms with Gasteiger partial charge in [0.25, 0.3) is 0 Å². The Kier molecular flexibility index (Phi) is 4.70. The second-order valence-electron chi connectivity index (χ2n) is 4.49. The van der Waals surface area contributed by atoms with Gasteiger partial charge in [0.1, 0.15) is 5.00 Å². The topological polar surface area (TPSA) is 37.8 Å². The summed E-state index contributed by atoms with van der Waals surface area (Å²) in [5.41, 5.74) is 2.72. The van der Waals surface area contributed by atoms with Crippen LogP contribution in [0.3, 0.4) is 0 Å². The van der Waals surface area contributed by atoms with Gasteiger partial charge in [-0.15, -0.1) is 5.10 Å².